The van der Waals surface area contributed by atoms with Crippen LogP contribution in [-0.2, 0) is 0 Å². The first kappa shape index (κ1) is 15.4. The first-order chi connectivity index (χ1) is 10.4. The van der Waals surface area contributed by atoms with Crippen LogP contribution >= 0.6 is 0 Å². The van der Waals surface area contributed by atoms with Gasteiger partial charge < -0.3 is 10.2 Å². The normalized spacial score (nSPS) is 58.4. The second-order valence-corrected chi connectivity index (χ2v) is 9.58. The molecule has 126 valence electrons. The molecular weight excluding hydrogens is 272 g/mol. The van der Waals surface area contributed by atoms with Crippen molar-refractivity contribution < 1.29 is 10.2 Å². The predicted octanol–water partition coefficient (Wildman–Crippen LogP) is 4.14. The van der Waals surface area contributed by atoms with Gasteiger partial charge in [0.25, 0.3) is 0 Å². The van der Waals surface area contributed by atoms with Gasteiger partial charge in [0.15, 0.2) is 0 Å². The summed E-state index contributed by atoms with van der Waals surface area (Å²) in [6.07, 6.45) is 12.1. The highest BCUT2D eigenvalue weighted by molar-refractivity contribution is 5.08. The van der Waals surface area contributed by atoms with E-state index in [-0.39, 0.29) is 17.6 Å². The Kier molecular flexibility index (Phi) is 3.66. The van der Waals surface area contributed by atoms with Crippen LogP contribution in [0, 0.1) is 34.5 Å². The Balaban J connectivity index is 1.65. The lowest BCUT2D eigenvalue weighted by Crippen LogP contribution is -2.50. The Morgan fingerprint density at radius 1 is 0.773 bits per heavy atom. The highest BCUT2D eigenvalue weighted by atomic mass is 16.3. The molecule has 2 N–H and O–H groups in total. The Hall–Kier alpha value is -0.0800. The van der Waals surface area contributed by atoms with E-state index in [4.69, 9.17) is 0 Å². The molecule has 0 aromatic carbocycles. The lowest BCUT2D eigenvalue weighted by Gasteiger charge is -2.55. The van der Waals surface area contributed by atoms with Crippen LogP contribution in [0.25, 0.3) is 0 Å². The zero-order valence-corrected chi connectivity index (χ0v) is 14.4. The summed E-state index contributed by atoms with van der Waals surface area (Å²) in [6, 6.07) is 0. The summed E-state index contributed by atoms with van der Waals surface area (Å²) in [6.45, 7) is 4.93. The van der Waals surface area contributed by atoms with Gasteiger partial charge in [0.1, 0.15) is 0 Å². The van der Waals surface area contributed by atoms with Gasteiger partial charge in [-0.05, 0) is 92.3 Å². The lowest BCUT2D eigenvalue weighted by molar-refractivity contribution is -0.0954. The monoisotopic (exact) mass is 306 g/mol. The van der Waals surface area contributed by atoms with E-state index >= 15 is 0 Å². The van der Waals surface area contributed by atoms with E-state index in [0.717, 1.165) is 42.9 Å². The Morgan fingerprint density at radius 2 is 1.50 bits per heavy atom. The molecule has 0 amide bonds. The molecular formula is C20H34O2. The highest BCUT2D eigenvalue weighted by Crippen LogP contribution is 2.64. The van der Waals surface area contributed by atoms with Crippen LogP contribution in [-0.4, -0.2) is 22.4 Å². The van der Waals surface area contributed by atoms with E-state index < -0.39 is 0 Å². The molecule has 4 rings (SSSR count). The highest BCUT2D eigenvalue weighted by Gasteiger charge is 2.58. The molecule has 2 heteroatoms. The van der Waals surface area contributed by atoms with Gasteiger partial charge in [0, 0.05) is 0 Å². The van der Waals surface area contributed by atoms with Crippen molar-refractivity contribution in [3.63, 3.8) is 0 Å². The quantitative estimate of drug-likeness (QED) is 0.706. The molecule has 4 aliphatic rings. The van der Waals surface area contributed by atoms with Gasteiger partial charge in [-0.15, -0.1) is 0 Å². The van der Waals surface area contributed by atoms with Gasteiger partial charge in [-0.2, -0.15) is 0 Å². The molecule has 0 unspecified atom stereocenters. The fourth-order valence-electron chi connectivity index (χ4n) is 7.41. The first-order valence-corrected chi connectivity index (χ1v) is 9.81. The molecule has 0 spiro atoms. The van der Waals surface area contributed by atoms with Crippen molar-refractivity contribution in [3.05, 3.63) is 0 Å². The van der Waals surface area contributed by atoms with Crippen LogP contribution in [0.15, 0.2) is 0 Å². The second kappa shape index (κ2) is 5.21. The lowest BCUT2D eigenvalue weighted by atomic mass is 9.50. The molecule has 8 atom stereocenters. The van der Waals surface area contributed by atoms with Crippen LogP contribution in [0.2, 0.25) is 0 Å². The molecule has 0 aliphatic heterocycles. The maximum Gasteiger partial charge on any atom is 0.0596 e. The van der Waals surface area contributed by atoms with E-state index in [0.29, 0.717) is 5.41 Å². The zero-order valence-electron chi connectivity index (χ0n) is 14.4. The molecule has 0 saturated heterocycles. The maximum atomic E-state index is 10.5. The number of aliphatic hydroxyl groups excluding tert-OH is 2. The van der Waals surface area contributed by atoms with Gasteiger partial charge in [-0.25, -0.2) is 0 Å². The molecule has 0 radical (unpaired) electrons. The first-order valence-electron chi connectivity index (χ1n) is 9.81. The van der Waals surface area contributed by atoms with Crippen molar-refractivity contribution in [1.29, 1.82) is 0 Å². The second-order valence-electron chi connectivity index (χ2n) is 9.58. The van der Waals surface area contributed by atoms with E-state index in [1.165, 1.54) is 44.9 Å². The molecule has 2 nitrogen and oxygen atoms in total. The SMILES string of the molecule is C[C@@]12CC[C@H]3[C@@H](CCC[C@H]4C[C@@H](O)CC[C@]43C)[C@H]1CC[C@@H]2O. The van der Waals surface area contributed by atoms with Crippen molar-refractivity contribution in [3.8, 4) is 0 Å². The van der Waals surface area contributed by atoms with Gasteiger partial charge >= 0.3 is 0 Å². The minimum atomic E-state index is -0.0570. The zero-order chi connectivity index (χ0) is 15.5. The third-order valence-corrected chi connectivity index (χ3v) is 8.83. The van der Waals surface area contributed by atoms with Crippen LogP contribution < -0.4 is 0 Å². The number of hydrogen-bond donors (Lipinski definition) is 2. The van der Waals surface area contributed by atoms with Gasteiger partial charge in [0.2, 0.25) is 0 Å². The molecule has 0 bridgehead atoms. The number of aliphatic hydroxyl groups is 2. The summed E-state index contributed by atoms with van der Waals surface area (Å²) >= 11 is 0. The summed E-state index contributed by atoms with van der Waals surface area (Å²) in [4.78, 5) is 0. The average Bonchev–Trinajstić information content (AvgIpc) is 2.70. The Bertz CT molecular complexity index is 435. The fourth-order valence-corrected chi connectivity index (χ4v) is 7.41. The molecule has 0 aromatic heterocycles. The van der Waals surface area contributed by atoms with Crippen molar-refractivity contribution in [2.24, 2.45) is 34.5 Å². The predicted molar refractivity (Wildman–Crippen MR) is 88.4 cm³/mol. The van der Waals surface area contributed by atoms with Gasteiger partial charge in [-0.1, -0.05) is 20.3 Å². The standard InChI is InChI=1S/C20H34O2/c1-19-10-8-14(21)12-13(19)4-3-5-15-16-6-7-18(22)20(16,2)11-9-17(15)19/h13-18,21-22H,3-12H2,1-2H3/t13-,14-,15-,16+,17-,18-,19+,20+/m0/s1. The van der Waals surface area contributed by atoms with Crippen molar-refractivity contribution >= 4 is 0 Å². The summed E-state index contributed by atoms with van der Waals surface area (Å²) < 4.78 is 0. The van der Waals surface area contributed by atoms with Crippen LogP contribution in [0.3, 0.4) is 0 Å². The van der Waals surface area contributed by atoms with Crippen LogP contribution in [0.1, 0.15) is 78.1 Å². The van der Waals surface area contributed by atoms with Gasteiger partial charge in [0.05, 0.1) is 12.2 Å². The van der Waals surface area contributed by atoms with Crippen LogP contribution in [0.4, 0.5) is 0 Å². The molecule has 22 heavy (non-hydrogen) atoms. The molecule has 4 saturated carbocycles. The van der Waals surface area contributed by atoms with Gasteiger partial charge in [-0.3, -0.25) is 0 Å². The van der Waals surface area contributed by atoms with E-state index in [1.807, 2.05) is 0 Å². The third kappa shape index (κ3) is 2.05. The minimum absolute atomic E-state index is 0.0446. The van der Waals surface area contributed by atoms with Crippen LogP contribution in [0.5, 0.6) is 0 Å². The molecule has 0 heterocycles. The van der Waals surface area contributed by atoms with E-state index in [9.17, 15) is 10.2 Å². The number of fused-ring (bicyclic) bond motifs is 5. The molecule has 4 aliphatic carbocycles. The summed E-state index contributed by atoms with van der Waals surface area (Å²) in [5.74, 6) is 3.17. The molecule has 0 aromatic rings. The fraction of sp³-hybridized carbons (Fsp3) is 1.00. The Morgan fingerprint density at radius 3 is 2.32 bits per heavy atom. The topological polar surface area (TPSA) is 40.5 Å². The summed E-state index contributed by atoms with van der Waals surface area (Å²) in [5, 5.41) is 20.7. The van der Waals surface area contributed by atoms with Crippen molar-refractivity contribution in [2.45, 2.75) is 90.3 Å². The summed E-state index contributed by atoms with van der Waals surface area (Å²) in [5.41, 5.74) is 0.654. The van der Waals surface area contributed by atoms with Crippen molar-refractivity contribution in [1.82, 2.24) is 0 Å². The third-order valence-electron chi connectivity index (χ3n) is 8.83. The smallest absolute Gasteiger partial charge is 0.0596 e. The minimum Gasteiger partial charge on any atom is -0.393 e. The largest absolute Gasteiger partial charge is 0.393 e. The van der Waals surface area contributed by atoms with E-state index in [2.05, 4.69) is 13.8 Å². The Labute approximate surface area is 135 Å². The number of hydrogen-bond acceptors (Lipinski definition) is 2. The number of rotatable bonds is 0. The van der Waals surface area contributed by atoms with Crippen molar-refractivity contribution in [2.75, 3.05) is 0 Å². The average molecular weight is 306 g/mol. The maximum absolute atomic E-state index is 10.5. The van der Waals surface area contributed by atoms with E-state index in [1.54, 1.807) is 0 Å². The summed E-state index contributed by atoms with van der Waals surface area (Å²) in [7, 11) is 0. The molecule has 4 fully saturated rings.